The quantitative estimate of drug-likeness (QED) is 0.267. The second-order valence-electron chi connectivity index (χ2n) is 11.6. The standard InChI is InChI=1S/C34H36N2O3/c1-19(2)24-7-6-8-25(14-24)21(4)35-34(38)26-10-12-31-28(15-26)20(3)22(5)36(31)17-23-9-11-27-29-16-30(29)33(18-37)39-32(27)13-23/h6-15,18-19,21,29-30,33H,16-17H2,1-5H3,(H,35,38)/t21-,29?,30+,33?/m0/s1. The summed E-state index contributed by atoms with van der Waals surface area (Å²) < 4.78 is 8.34. The van der Waals surface area contributed by atoms with Crippen LogP contribution in [0.3, 0.4) is 0 Å². The molecule has 4 atom stereocenters. The lowest BCUT2D eigenvalue weighted by Gasteiger charge is -2.22. The van der Waals surface area contributed by atoms with Crippen molar-refractivity contribution < 1.29 is 14.3 Å². The molecular formula is C34H36N2O3. The van der Waals surface area contributed by atoms with Crippen LogP contribution in [-0.4, -0.2) is 22.9 Å². The summed E-state index contributed by atoms with van der Waals surface area (Å²) in [6, 6.07) is 20.8. The third-order valence-corrected chi connectivity index (χ3v) is 8.80. The maximum absolute atomic E-state index is 13.2. The number of aryl methyl sites for hydroxylation is 1. The van der Waals surface area contributed by atoms with Gasteiger partial charge in [0.1, 0.15) is 5.75 Å². The number of rotatable bonds is 7. The van der Waals surface area contributed by atoms with Crippen molar-refractivity contribution in [2.75, 3.05) is 0 Å². The Kier molecular flexibility index (Phi) is 6.33. The minimum atomic E-state index is -0.319. The van der Waals surface area contributed by atoms with E-state index in [9.17, 15) is 9.59 Å². The normalized spacial score (nSPS) is 20.2. The third kappa shape index (κ3) is 4.54. The Morgan fingerprint density at radius 2 is 1.85 bits per heavy atom. The van der Waals surface area contributed by atoms with Gasteiger partial charge in [0.05, 0.1) is 6.04 Å². The van der Waals surface area contributed by atoms with Gasteiger partial charge in [-0.3, -0.25) is 9.59 Å². The van der Waals surface area contributed by atoms with Crippen LogP contribution in [-0.2, 0) is 11.3 Å². The molecule has 4 aromatic rings. The molecule has 1 aliphatic carbocycles. The first-order valence-corrected chi connectivity index (χ1v) is 14.0. The summed E-state index contributed by atoms with van der Waals surface area (Å²) in [6.45, 7) is 11.3. The zero-order valence-electron chi connectivity index (χ0n) is 23.3. The second kappa shape index (κ2) is 9.71. The summed E-state index contributed by atoms with van der Waals surface area (Å²) >= 11 is 0. The Bertz CT molecular complexity index is 1600. The molecule has 1 amide bonds. The Balaban J connectivity index is 1.24. The van der Waals surface area contributed by atoms with Crippen molar-refractivity contribution in [1.82, 2.24) is 9.88 Å². The van der Waals surface area contributed by atoms with E-state index in [-0.39, 0.29) is 18.1 Å². The molecule has 0 spiro atoms. The number of aromatic nitrogens is 1. The first-order valence-electron chi connectivity index (χ1n) is 14.0. The zero-order chi connectivity index (χ0) is 27.4. The molecule has 1 fully saturated rings. The molecule has 0 radical (unpaired) electrons. The molecule has 1 saturated carbocycles. The lowest BCUT2D eigenvalue weighted by molar-refractivity contribution is -0.114. The zero-order valence-corrected chi connectivity index (χ0v) is 23.3. The van der Waals surface area contributed by atoms with Crippen LogP contribution >= 0.6 is 0 Å². The van der Waals surface area contributed by atoms with Gasteiger partial charge in [0.2, 0.25) is 0 Å². The number of carbonyl (C=O) groups is 2. The van der Waals surface area contributed by atoms with Gasteiger partial charge in [-0.1, -0.05) is 50.2 Å². The lowest BCUT2D eigenvalue weighted by Crippen LogP contribution is -2.26. The van der Waals surface area contributed by atoms with Crippen LogP contribution < -0.4 is 10.1 Å². The lowest BCUT2D eigenvalue weighted by atomic mass is 9.98. The second-order valence-corrected chi connectivity index (χ2v) is 11.6. The molecule has 2 heterocycles. The van der Waals surface area contributed by atoms with Gasteiger partial charge >= 0.3 is 0 Å². The first-order chi connectivity index (χ1) is 18.7. The van der Waals surface area contributed by atoms with Gasteiger partial charge in [-0.15, -0.1) is 0 Å². The molecule has 1 aliphatic heterocycles. The van der Waals surface area contributed by atoms with E-state index in [0.717, 1.165) is 40.5 Å². The van der Waals surface area contributed by atoms with E-state index in [1.165, 1.54) is 22.4 Å². The third-order valence-electron chi connectivity index (χ3n) is 8.80. The van der Waals surface area contributed by atoms with Gasteiger partial charge in [0, 0.05) is 34.6 Å². The number of ether oxygens (including phenoxy) is 1. The molecule has 5 heteroatoms. The number of aldehydes is 1. The Morgan fingerprint density at radius 3 is 2.62 bits per heavy atom. The largest absolute Gasteiger partial charge is 0.482 e. The molecule has 200 valence electrons. The van der Waals surface area contributed by atoms with E-state index < -0.39 is 0 Å². The van der Waals surface area contributed by atoms with Gasteiger partial charge in [-0.2, -0.15) is 0 Å². The topological polar surface area (TPSA) is 60.3 Å². The number of carbonyl (C=O) groups excluding carboxylic acids is 2. The summed E-state index contributed by atoms with van der Waals surface area (Å²) in [5, 5.41) is 4.27. The van der Waals surface area contributed by atoms with Crippen LogP contribution in [0.4, 0.5) is 0 Å². The molecule has 2 unspecified atom stereocenters. The van der Waals surface area contributed by atoms with Gasteiger partial charge in [0.15, 0.2) is 12.4 Å². The molecule has 2 aliphatic rings. The monoisotopic (exact) mass is 520 g/mol. The molecular weight excluding hydrogens is 484 g/mol. The summed E-state index contributed by atoms with van der Waals surface area (Å²) in [5.74, 6) is 2.03. The highest BCUT2D eigenvalue weighted by Crippen LogP contribution is 2.56. The number of fused-ring (bicyclic) bond motifs is 4. The highest BCUT2D eigenvalue weighted by atomic mass is 16.5. The minimum absolute atomic E-state index is 0.0703. The number of benzene rings is 3. The van der Waals surface area contributed by atoms with E-state index in [4.69, 9.17) is 4.74 Å². The average Bonchev–Trinajstić information content (AvgIpc) is 3.71. The van der Waals surface area contributed by atoms with Crippen LogP contribution in [0.15, 0.2) is 60.7 Å². The van der Waals surface area contributed by atoms with Crippen molar-refractivity contribution in [2.45, 2.75) is 71.6 Å². The Hall–Kier alpha value is -3.86. The van der Waals surface area contributed by atoms with Crippen LogP contribution in [0.2, 0.25) is 0 Å². The fourth-order valence-corrected chi connectivity index (χ4v) is 6.11. The molecule has 1 aromatic heterocycles. The Morgan fingerprint density at radius 1 is 1.05 bits per heavy atom. The molecule has 6 rings (SSSR count). The SMILES string of the molecule is Cc1c(C)n(Cc2ccc3c(c2)OC(C=O)[C@@H]2CC32)c2ccc(C(=O)N[C@@H](C)c3cccc(C(C)C)c3)cc12. The summed E-state index contributed by atoms with van der Waals surface area (Å²) in [4.78, 5) is 24.7. The minimum Gasteiger partial charge on any atom is -0.482 e. The summed E-state index contributed by atoms with van der Waals surface area (Å²) in [6.07, 6.45) is 1.67. The van der Waals surface area contributed by atoms with Crippen LogP contribution in [0.25, 0.3) is 10.9 Å². The molecule has 1 N–H and O–H groups in total. The fourth-order valence-electron chi connectivity index (χ4n) is 6.11. The molecule has 3 aromatic carbocycles. The van der Waals surface area contributed by atoms with Crippen molar-refractivity contribution in [1.29, 1.82) is 0 Å². The number of amides is 1. The van der Waals surface area contributed by atoms with Crippen molar-refractivity contribution in [3.63, 3.8) is 0 Å². The number of hydrogen-bond acceptors (Lipinski definition) is 3. The van der Waals surface area contributed by atoms with Gasteiger partial charge in [0.25, 0.3) is 5.91 Å². The molecule has 0 saturated heterocycles. The Labute approximate surface area is 230 Å². The number of hydrogen-bond donors (Lipinski definition) is 1. The maximum Gasteiger partial charge on any atom is 0.251 e. The van der Waals surface area contributed by atoms with Gasteiger partial charge in [-0.05, 0) is 91.1 Å². The van der Waals surface area contributed by atoms with Crippen LogP contribution in [0.5, 0.6) is 5.75 Å². The van der Waals surface area contributed by atoms with Gasteiger partial charge in [-0.25, -0.2) is 0 Å². The van der Waals surface area contributed by atoms with E-state index >= 15 is 0 Å². The van der Waals surface area contributed by atoms with Crippen LogP contribution in [0.1, 0.15) is 88.9 Å². The van der Waals surface area contributed by atoms with Crippen LogP contribution in [0, 0.1) is 19.8 Å². The van der Waals surface area contributed by atoms with E-state index in [1.54, 1.807) is 0 Å². The van der Waals surface area contributed by atoms with Crippen molar-refractivity contribution in [3.05, 3.63) is 99.7 Å². The predicted octanol–water partition coefficient (Wildman–Crippen LogP) is 6.98. The summed E-state index contributed by atoms with van der Waals surface area (Å²) in [7, 11) is 0. The number of nitrogens with zero attached hydrogens (tertiary/aromatic N) is 1. The molecule has 39 heavy (non-hydrogen) atoms. The number of nitrogens with one attached hydrogen (secondary N) is 1. The smallest absolute Gasteiger partial charge is 0.251 e. The maximum atomic E-state index is 13.2. The van der Waals surface area contributed by atoms with Crippen molar-refractivity contribution >= 4 is 23.1 Å². The van der Waals surface area contributed by atoms with E-state index in [1.807, 2.05) is 19.1 Å². The van der Waals surface area contributed by atoms with Gasteiger partial charge < -0.3 is 14.6 Å². The van der Waals surface area contributed by atoms with Crippen molar-refractivity contribution in [2.24, 2.45) is 5.92 Å². The predicted molar refractivity (Wildman–Crippen MR) is 155 cm³/mol. The molecule has 5 nitrogen and oxygen atoms in total. The molecule has 0 bridgehead atoms. The average molecular weight is 521 g/mol. The van der Waals surface area contributed by atoms with E-state index in [0.29, 0.717) is 29.9 Å². The summed E-state index contributed by atoms with van der Waals surface area (Å²) in [5.41, 5.74) is 8.86. The highest BCUT2D eigenvalue weighted by Gasteiger charge is 2.49. The van der Waals surface area contributed by atoms with Crippen molar-refractivity contribution in [3.8, 4) is 5.75 Å². The fraction of sp³-hybridized carbons (Fsp3) is 0.353. The first kappa shape index (κ1) is 25.4. The van der Waals surface area contributed by atoms with E-state index in [2.05, 4.69) is 86.1 Å². The highest BCUT2D eigenvalue weighted by molar-refractivity contribution is 5.99.